The van der Waals surface area contributed by atoms with Crippen LogP contribution in [0.2, 0.25) is 0 Å². The summed E-state index contributed by atoms with van der Waals surface area (Å²) < 4.78 is 5.10. The summed E-state index contributed by atoms with van der Waals surface area (Å²) in [5.74, 6) is 1.38. The van der Waals surface area contributed by atoms with Crippen LogP contribution in [0.15, 0.2) is 29.2 Å². The Morgan fingerprint density at radius 1 is 1.33 bits per heavy atom. The van der Waals surface area contributed by atoms with Crippen molar-refractivity contribution >= 4 is 17.7 Å². The molecule has 0 amide bonds. The van der Waals surface area contributed by atoms with Gasteiger partial charge in [-0.15, -0.1) is 11.8 Å². The van der Waals surface area contributed by atoms with E-state index >= 15 is 0 Å². The zero-order valence-electron chi connectivity index (χ0n) is 6.45. The highest BCUT2D eigenvalue weighted by atomic mass is 32.2. The van der Waals surface area contributed by atoms with Gasteiger partial charge in [0.05, 0.1) is 11.3 Å². The minimum atomic E-state index is -0.132. The molecule has 0 unspecified atom stereocenters. The maximum Gasteiger partial charge on any atom is 0.312 e. The first-order valence-electron chi connectivity index (χ1n) is 3.79. The number of esters is 1. The topological polar surface area (TPSA) is 26.3 Å². The van der Waals surface area contributed by atoms with Crippen molar-refractivity contribution in [2.75, 3.05) is 5.75 Å². The van der Waals surface area contributed by atoms with Crippen LogP contribution in [0, 0.1) is 0 Å². The van der Waals surface area contributed by atoms with Gasteiger partial charge in [0.25, 0.3) is 0 Å². The molecule has 2 rings (SSSR count). The van der Waals surface area contributed by atoms with E-state index in [-0.39, 0.29) is 5.97 Å². The minimum Gasteiger partial charge on any atom is -0.425 e. The van der Waals surface area contributed by atoms with E-state index in [2.05, 4.69) is 0 Å². The van der Waals surface area contributed by atoms with Gasteiger partial charge in [-0.2, -0.15) is 0 Å². The molecule has 0 saturated carbocycles. The van der Waals surface area contributed by atoms with Crippen molar-refractivity contribution in [3.8, 4) is 5.75 Å². The third-order valence-electron chi connectivity index (χ3n) is 1.64. The van der Waals surface area contributed by atoms with Gasteiger partial charge >= 0.3 is 5.97 Å². The normalized spacial score (nSPS) is 16.2. The lowest BCUT2D eigenvalue weighted by atomic mass is 10.3. The molecule has 0 fully saturated rings. The van der Waals surface area contributed by atoms with Gasteiger partial charge in [-0.3, -0.25) is 4.79 Å². The number of benzene rings is 1. The van der Waals surface area contributed by atoms with E-state index in [4.69, 9.17) is 4.74 Å². The van der Waals surface area contributed by atoms with E-state index < -0.39 is 0 Å². The van der Waals surface area contributed by atoms with Crippen molar-refractivity contribution < 1.29 is 9.53 Å². The van der Waals surface area contributed by atoms with Crippen LogP contribution in [0.5, 0.6) is 5.75 Å². The lowest BCUT2D eigenvalue weighted by Crippen LogP contribution is -2.06. The molecule has 0 aliphatic carbocycles. The number of thioether (sulfide) groups is 1. The molecule has 0 aromatic heterocycles. The minimum absolute atomic E-state index is 0.132. The van der Waals surface area contributed by atoms with Crippen LogP contribution in [0.3, 0.4) is 0 Å². The number of carbonyl (C=O) groups excluding carboxylic acids is 1. The Labute approximate surface area is 74.9 Å². The molecule has 1 aliphatic rings. The molecule has 0 saturated heterocycles. The molecule has 62 valence electrons. The number of fused-ring (bicyclic) bond motifs is 1. The highest BCUT2D eigenvalue weighted by Crippen LogP contribution is 2.31. The number of ether oxygens (including phenoxy) is 1. The predicted molar refractivity (Wildman–Crippen MR) is 47.4 cm³/mol. The summed E-state index contributed by atoms with van der Waals surface area (Å²) >= 11 is 1.67. The highest BCUT2D eigenvalue weighted by Gasteiger charge is 2.13. The summed E-state index contributed by atoms with van der Waals surface area (Å²) in [6.07, 6.45) is 0.499. The predicted octanol–water partition coefficient (Wildman–Crippen LogP) is 2.09. The van der Waals surface area contributed by atoms with Crippen molar-refractivity contribution in [2.45, 2.75) is 11.3 Å². The Hall–Kier alpha value is -0.960. The van der Waals surface area contributed by atoms with Gasteiger partial charge in [-0.1, -0.05) is 12.1 Å². The first-order valence-corrected chi connectivity index (χ1v) is 4.77. The van der Waals surface area contributed by atoms with Crippen LogP contribution < -0.4 is 4.74 Å². The lowest BCUT2D eigenvalue weighted by Gasteiger charge is -2.02. The highest BCUT2D eigenvalue weighted by molar-refractivity contribution is 7.99. The first-order chi connectivity index (χ1) is 5.86. The van der Waals surface area contributed by atoms with E-state index in [0.29, 0.717) is 12.2 Å². The molecule has 0 bridgehead atoms. The summed E-state index contributed by atoms with van der Waals surface area (Å²) in [6, 6.07) is 7.62. The Bertz CT molecular complexity index is 309. The molecule has 0 spiro atoms. The molecule has 1 aromatic carbocycles. The van der Waals surface area contributed by atoms with Gasteiger partial charge in [0.2, 0.25) is 0 Å². The van der Waals surface area contributed by atoms with Gasteiger partial charge < -0.3 is 4.74 Å². The third-order valence-corrected chi connectivity index (χ3v) is 2.69. The molecular weight excluding hydrogens is 172 g/mol. The Morgan fingerprint density at radius 3 is 3.08 bits per heavy atom. The average molecular weight is 180 g/mol. The average Bonchev–Trinajstić information content (AvgIpc) is 2.25. The maximum atomic E-state index is 11.0. The quantitative estimate of drug-likeness (QED) is 0.451. The molecule has 1 aliphatic heterocycles. The molecular formula is C9H8O2S. The smallest absolute Gasteiger partial charge is 0.312 e. The SMILES string of the molecule is O=C1CCSc2ccccc2O1. The molecule has 0 atom stereocenters. The summed E-state index contributed by atoms with van der Waals surface area (Å²) in [5, 5.41) is 0. The van der Waals surface area contributed by atoms with Crippen LogP contribution in [0.1, 0.15) is 6.42 Å². The Kier molecular flexibility index (Phi) is 2.04. The van der Waals surface area contributed by atoms with Crippen molar-refractivity contribution in [2.24, 2.45) is 0 Å². The number of rotatable bonds is 0. The standard InChI is InChI=1S/C9H8O2S/c10-9-5-6-12-8-4-2-1-3-7(8)11-9/h1-4H,5-6H2. The second-order valence-electron chi connectivity index (χ2n) is 2.52. The second-order valence-corrected chi connectivity index (χ2v) is 3.66. The van der Waals surface area contributed by atoms with Gasteiger partial charge in [0.1, 0.15) is 5.75 Å². The summed E-state index contributed by atoms with van der Waals surface area (Å²) in [4.78, 5) is 12.1. The van der Waals surface area contributed by atoms with E-state index in [0.717, 1.165) is 10.6 Å². The van der Waals surface area contributed by atoms with Crippen molar-refractivity contribution in [3.05, 3.63) is 24.3 Å². The van der Waals surface area contributed by atoms with Crippen LogP contribution >= 0.6 is 11.8 Å². The van der Waals surface area contributed by atoms with Gasteiger partial charge in [-0.25, -0.2) is 0 Å². The molecule has 1 aromatic rings. The van der Waals surface area contributed by atoms with Crippen molar-refractivity contribution in [3.63, 3.8) is 0 Å². The van der Waals surface area contributed by atoms with E-state index in [1.54, 1.807) is 11.8 Å². The number of para-hydroxylation sites is 1. The van der Waals surface area contributed by atoms with Crippen molar-refractivity contribution in [1.29, 1.82) is 0 Å². The molecule has 3 heteroatoms. The summed E-state index contributed by atoms with van der Waals surface area (Å²) in [7, 11) is 0. The van der Waals surface area contributed by atoms with Crippen LogP contribution in [-0.4, -0.2) is 11.7 Å². The van der Waals surface area contributed by atoms with E-state index in [1.807, 2.05) is 24.3 Å². The van der Waals surface area contributed by atoms with Crippen LogP contribution in [0.25, 0.3) is 0 Å². The zero-order valence-corrected chi connectivity index (χ0v) is 7.26. The fourth-order valence-corrected chi connectivity index (χ4v) is 1.99. The zero-order chi connectivity index (χ0) is 8.39. The molecule has 1 heterocycles. The van der Waals surface area contributed by atoms with Crippen molar-refractivity contribution in [1.82, 2.24) is 0 Å². The Balaban J connectivity index is 2.37. The van der Waals surface area contributed by atoms with Gasteiger partial charge in [-0.05, 0) is 12.1 Å². The fraction of sp³-hybridized carbons (Fsp3) is 0.222. The molecule has 2 nitrogen and oxygen atoms in total. The maximum absolute atomic E-state index is 11.0. The van der Waals surface area contributed by atoms with E-state index in [9.17, 15) is 4.79 Å². The monoisotopic (exact) mass is 180 g/mol. The second kappa shape index (κ2) is 3.19. The molecule has 0 N–H and O–H groups in total. The number of carbonyl (C=O) groups is 1. The Morgan fingerprint density at radius 2 is 2.17 bits per heavy atom. The summed E-state index contributed by atoms with van der Waals surface area (Å²) in [5.41, 5.74) is 0. The van der Waals surface area contributed by atoms with Crippen LogP contribution in [-0.2, 0) is 4.79 Å². The van der Waals surface area contributed by atoms with Crippen LogP contribution in [0.4, 0.5) is 0 Å². The van der Waals surface area contributed by atoms with Gasteiger partial charge in [0.15, 0.2) is 0 Å². The van der Waals surface area contributed by atoms with Gasteiger partial charge in [0, 0.05) is 5.75 Å². The number of hydrogen-bond donors (Lipinski definition) is 0. The number of hydrogen-bond acceptors (Lipinski definition) is 3. The largest absolute Gasteiger partial charge is 0.425 e. The summed E-state index contributed by atoms with van der Waals surface area (Å²) in [6.45, 7) is 0. The van der Waals surface area contributed by atoms with E-state index in [1.165, 1.54) is 0 Å². The molecule has 0 radical (unpaired) electrons. The first kappa shape index (κ1) is 7.68. The fourth-order valence-electron chi connectivity index (χ4n) is 1.07. The lowest BCUT2D eigenvalue weighted by molar-refractivity contribution is -0.133. The molecule has 12 heavy (non-hydrogen) atoms. The third kappa shape index (κ3) is 1.46.